The molecular weight excluding hydrogens is 270 g/mol. The van der Waals surface area contributed by atoms with Crippen molar-refractivity contribution >= 4 is 34.3 Å². The van der Waals surface area contributed by atoms with E-state index in [1.54, 1.807) is 0 Å². The minimum atomic E-state index is -0.816. The fourth-order valence-corrected chi connectivity index (χ4v) is 2.67. The van der Waals surface area contributed by atoms with E-state index in [0.29, 0.717) is 11.0 Å². The molecule has 0 aromatic carbocycles. The molecule has 1 aromatic rings. The van der Waals surface area contributed by atoms with Gasteiger partial charge in [0, 0.05) is 5.92 Å². The quantitative estimate of drug-likeness (QED) is 0.670. The number of imide groups is 1. The predicted molar refractivity (Wildman–Crippen MR) is 65.6 cm³/mol. The maximum absolute atomic E-state index is 11.7. The summed E-state index contributed by atoms with van der Waals surface area (Å²) in [7, 11) is 0. The number of hydrogen-bond acceptors (Lipinski definition) is 6. The van der Waals surface area contributed by atoms with E-state index in [4.69, 9.17) is 0 Å². The molecule has 1 saturated heterocycles. The highest BCUT2D eigenvalue weighted by molar-refractivity contribution is 7.15. The normalized spacial score (nSPS) is 22.0. The maximum atomic E-state index is 11.7. The van der Waals surface area contributed by atoms with Crippen molar-refractivity contribution in [2.24, 2.45) is 0 Å². The molecule has 2 aliphatic rings. The van der Waals surface area contributed by atoms with Gasteiger partial charge >= 0.3 is 6.03 Å². The van der Waals surface area contributed by atoms with E-state index >= 15 is 0 Å². The lowest BCUT2D eigenvalue weighted by Crippen LogP contribution is -2.33. The van der Waals surface area contributed by atoms with Crippen LogP contribution in [0.5, 0.6) is 0 Å². The lowest BCUT2D eigenvalue weighted by atomic mass is 10.2. The van der Waals surface area contributed by atoms with Crippen molar-refractivity contribution in [3.8, 4) is 0 Å². The zero-order valence-corrected chi connectivity index (χ0v) is 10.6. The number of hydrogen-bond donors (Lipinski definition) is 3. The van der Waals surface area contributed by atoms with Crippen molar-refractivity contribution in [2.45, 2.75) is 31.2 Å². The van der Waals surface area contributed by atoms with Crippen LogP contribution < -0.4 is 16.0 Å². The molecule has 0 bridgehead atoms. The molecule has 1 atom stereocenters. The van der Waals surface area contributed by atoms with Crippen molar-refractivity contribution in [2.75, 3.05) is 5.32 Å². The number of nitrogens with zero attached hydrogens (tertiary/aromatic N) is 2. The fraction of sp³-hybridized carbons (Fsp3) is 0.500. The maximum Gasteiger partial charge on any atom is 0.322 e. The summed E-state index contributed by atoms with van der Waals surface area (Å²) in [4.78, 5) is 33.9. The number of aromatic nitrogens is 2. The van der Waals surface area contributed by atoms with Gasteiger partial charge in [0.2, 0.25) is 11.0 Å². The lowest BCUT2D eigenvalue weighted by Gasteiger charge is -2.05. The third kappa shape index (κ3) is 2.70. The highest BCUT2D eigenvalue weighted by atomic mass is 32.1. The second-order valence-electron chi connectivity index (χ2n) is 4.49. The second-order valence-corrected chi connectivity index (χ2v) is 5.50. The summed E-state index contributed by atoms with van der Waals surface area (Å²) in [5.41, 5.74) is 0. The molecule has 0 unspecified atom stereocenters. The number of nitrogens with one attached hydrogen (secondary N) is 3. The molecule has 1 aliphatic carbocycles. The van der Waals surface area contributed by atoms with Gasteiger partial charge in [0.25, 0.3) is 5.91 Å². The predicted octanol–water partition coefficient (Wildman–Crippen LogP) is -0.0479. The van der Waals surface area contributed by atoms with Crippen LogP contribution in [0.3, 0.4) is 0 Å². The summed E-state index contributed by atoms with van der Waals surface area (Å²) < 4.78 is 0. The summed E-state index contributed by atoms with van der Waals surface area (Å²) in [5.74, 6) is -0.375. The van der Waals surface area contributed by atoms with Gasteiger partial charge in [-0.3, -0.25) is 14.9 Å². The summed E-state index contributed by atoms with van der Waals surface area (Å²) in [5, 5.41) is 16.2. The Kier molecular flexibility index (Phi) is 2.90. The van der Waals surface area contributed by atoms with Gasteiger partial charge in [-0.15, -0.1) is 10.2 Å². The Labute approximate surface area is 112 Å². The van der Waals surface area contributed by atoms with Crippen LogP contribution in [-0.4, -0.2) is 34.1 Å². The average Bonchev–Trinajstić information content (AvgIpc) is 3.01. The SMILES string of the molecule is O=C(C[C@H]1NC(=O)NC1=O)Nc1nnc(C2CC2)s1. The average molecular weight is 281 g/mol. The zero-order valence-electron chi connectivity index (χ0n) is 9.80. The first-order valence-electron chi connectivity index (χ1n) is 5.86. The minimum Gasteiger partial charge on any atom is -0.325 e. The van der Waals surface area contributed by atoms with Crippen molar-refractivity contribution in [1.29, 1.82) is 0 Å². The molecule has 2 fully saturated rings. The van der Waals surface area contributed by atoms with Crippen LogP contribution >= 0.6 is 11.3 Å². The fourth-order valence-electron chi connectivity index (χ4n) is 1.74. The molecule has 0 spiro atoms. The molecule has 1 aromatic heterocycles. The first kappa shape index (κ1) is 12.0. The van der Waals surface area contributed by atoms with Crippen LogP contribution in [0.4, 0.5) is 9.93 Å². The Balaban J connectivity index is 1.55. The number of anilines is 1. The summed E-state index contributed by atoms with van der Waals surface area (Å²) in [6, 6.07) is -1.39. The van der Waals surface area contributed by atoms with Gasteiger partial charge in [0.15, 0.2) is 0 Å². The molecule has 2 heterocycles. The van der Waals surface area contributed by atoms with Crippen LogP contribution in [0, 0.1) is 0 Å². The van der Waals surface area contributed by atoms with Crippen LogP contribution in [0.1, 0.15) is 30.2 Å². The Morgan fingerprint density at radius 2 is 2.16 bits per heavy atom. The topological polar surface area (TPSA) is 113 Å². The van der Waals surface area contributed by atoms with Gasteiger partial charge in [-0.05, 0) is 12.8 Å². The Hall–Kier alpha value is -2.03. The van der Waals surface area contributed by atoms with Gasteiger partial charge in [-0.2, -0.15) is 0 Å². The van der Waals surface area contributed by atoms with Crippen molar-refractivity contribution in [1.82, 2.24) is 20.8 Å². The largest absolute Gasteiger partial charge is 0.325 e. The van der Waals surface area contributed by atoms with E-state index < -0.39 is 18.0 Å². The highest BCUT2D eigenvalue weighted by Gasteiger charge is 2.32. The first-order valence-corrected chi connectivity index (χ1v) is 6.68. The number of amides is 4. The number of urea groups is 1. The summed E-state index contributed by atoms with van der Waals surface area (Å²) >= 11 is 1.35. The smallest absolute Gasteiger partial charge is 0.322 e. The Morgan fingerprint density at radius 3 is 2.79 bits per heavy atom. The second kappa shape index (κ2) is 4.57. The highest BCUT2D eigenvalue weighted by Crippen LogP contribution is 2.42. The monoisotopic (exact) mass is 281 g/mol. The van der Waals surface area contributed by atoms with E-state index in [2.05, 4.69) is 26.1 Å². The third-order valence-corrected chi connectivity index (χ3v) is 3.86. The van der Waals surface area contributed by atoms with E-state index in [-0.39, 0.29) is 12.3 Å². The van der Waals surface area contributed by atoms with Crippen molar-refractivity contribution < 1.29 is 14.4 Å². The van der Waals surface area contributed by atoms with E-state index in [9.17, 15) is 14.4 Å². The zero-order chi connectivity index (χ0) is 13.4. The Morgan fingerprint density at radius 1 is 1.37 bits per heavy atom. The van der Waals surface area contributed by atoms with Crippen LogP contribution in [-0.2, 0) is 9.59 Å². The molecule has 100 valence electrons. The van der Waals surface area contributed by atoms with Gasteiger partial charge in [0.05, 0.1) is 6.42 Å². The summed E-state index contributed by atoms with van der Waals surface area (Å²) in [6.45, 7) is 0. The number of carbonyl (C=O) groups is 3. The van der Waals surface area contributed by atoms with Gasteiger partial charge in [-0.25, -0.2) is 4.79 Å². The molecule has 0 radical (unpaired) electrons. The standard InChI is InChI=1S/C10H11N5O3S/c16-6(3-5-7(17)13-9(18)11-5)12-10-15-14-8(19-10)4-1-2-4/h4-5H,1-3H2,(H,12,15,16)(H2,11,13,17,18)/t5-/m1/s1. The van der Waals surface area contributed by atoms with Crippen molar-refractivity contribution in [3.63, 3.8) is 0 Å². The molecule has 3 rings (SSSR count). The molecule has 9 heteroatoms. The molecule has 1 aliphatic heterocycles. The van der Waals surface area contributed by atoms with E-state index in [1.807, 2.05) is 0 Å². The van der Waals surface area contributed by atoms with Crippen LogP contribution in [0.15, 0.2) is 0 Å². The molecule has 1 saturated carbocycles. The van der Waals surface area contributed by atoms with Gasteiger partial charge in [-0.1, -0.05) is 11.3 Å². The number of rotatable bonds is 4. The first-order chi connectivity index (χ1) is 9.11. The van der Waals surface area contributed by atoms with Crippen LogP contribution in [0.2, 0.25) is 0 Å². The molecular formula is C10H11N5O3S. The molecule has 4 amide bonds. The Bertz CT molecular complexity index is 553. The molecule has 19 heavy (non-hydrogen) atoms. The minimum absolute atomic E-state index is 0.115. The van der Waals surface area contributed by atoms with Gasteiger partial charge in [0.1, 0.15) is 11.0 Å². The third-order valence-electron chi connectivity index (χ3n) is 2.86. The number of carbonyl (C=O) groups excluding carboxylic acids is 3. The van der Waals surface area contributed by atoms with Gasteiger partial charge < -0.3 is 10.6 Å². The molecule has 8 nitrogen and oxygen atoms in total. The van der Waals surface area contributed by atoms with Crippen molar-refractivity contribution in [3.05, 3.63) is 5.01 Å². The summed E-state index contributed by atoms with van der Waals surface area (Å²) in [6.07, 6.45) is 2.13. The van der Waals surface area contributed by atoms with E-state index in [1.165, 1.54) is 11.3 Å². The van der Waals surface area contributed by atoms with Crippen LogP contribution in [0.25, 0.3) is 0 Å². The van der Waals surface area contributed by atoms with E-state index in [0.717, 1.165) is 17.8 Å². The lowest BCUT2D eigenvalue weighted by molar-refractivity contribution is -0.124. The molecule has 3 N–H and O–H groups in total.